The highest BCUT2D eigenvalue weighted by molar-refractivity contribution is 6.20. The molecule has 0 heterocycles. The zero-order chi connectivity index (χ0) is 33.8. The fourth-order valence-corrected chi connectivity index (χ4v) is 4.25. The molecule has 0 aromatic heterocycles. The van der Waals surface area contributed by atoms with Gasteiger partial charge < -0.3 is 15.4 Å². The van der Waals surface area contributed by atoms with Crippen LogP contribution in [0.15, 0.2) is 96.3 Å². The number of hydrogen-bond acceptors (Lipinski definition) is 5. The summed E-state index contributed by atoms with van der Waals surface area (Å²) in [5, 5.41) is 0. The van der Waals surface area contributed by atoms with Crippen molar-refractivity contribution in [2.75, 3.05) is 30.5 Å². The Hall–Kier alpha value is -4.39. The van der Waals surface area contributed by atoms with Crippen molar-refractivity contribution in [3.8, 4) is 5.75 Å². The van der Waals surface area contributed by atoms with E-state index in [1.54, 1.807) is 13.2 Å². The first kappa shape index (κ1) is 39.6. The van der Waals surface area contributed by atoms with E-state index in [0.29, 0.717) is 35.4 Å². The number of aryl methyl sites for hydroxylation is 2. The van der Waals surface area contributed by atoms with Crippen molar-refractivity contribution in [3.05, 3.63) is 114 Å². The Kier molecular flexibility index (Phi) is 19.2. The van der Waals surface area contributed by atoms with E-state index in [1.165, 1.54) is 22.6 Å². The van der Waals surface area contributed by atoms with Gasteiger partial charge in [-0.3, -0.25) is 14.7 Å². The number of halogens is 1. The first-order chi connectivity index (χ1) is 21.1. The number of carbonyl (C=O) groups excluding carboxylic acids is 1. The summed E-state index contributed by atoms with van der Waals surface area (Å²) in [5.74, 6) is 1.60. The smallest absolute Gasteiger partial charge is 0.219 e. The monoisotopic (exact) mass is 604 g/mol. The van der Waals surface area contributed by atoms with E-state index in [1.807, 2.05) is 77.8 Å². The van der Waals surface area contributed by atoms with Crippen molar-refractivity contribution in [1.82, 2.24) is 0 Å². The van der Waals surface area contributed by atoms with Gasteiger partial charge in [0.2, 0.25) is 6.41 Å². The van der Waals surface area contributed by atoms with Gasteiger partial charge in [-0.25, -0.2) is 4.39 Å². The number of benzene rings is 3. The van der Waals surface area contributed by atoms with Gasteiger partial charge >= 0.3 is 0 Å². The molecule has 0 aliphatic heterocycles. The number of anilines is 2. The van der Waals surface area contributed by atoms with Crippen molar-refractivity contribution in [2.24, 2.45) is 10.7 Å². The van der Waals surface area contributed by atoms with Crippen LogP contribution in [-0.4, -0.2) is 32.9 Å². The molecule has 44 heavy (non-hydrogen) atoms. The topological polar surface area (TPSA) is 71.2 Å². The molecule has 7 heteroatoms. The van der Waals surface area contributed by atoms with Gasteiger partial charge in [0.25, 0.3) is 0 Å². The van der Waals surface area contributed by atoms with Gasteiger partial charge in [-0.2, -0.15) is 0 Å². The van der Waals surface area contributed by atoms with Crippen molar-refractivity contribution < 1.29 is 13.9 Å². The molecule has 0 spiro atoms. The second kappa shape index (κ2) is 21.3. The number of nitrogens with two attached hydrogens (primary N) is 1. The predicted octanol–water partition coefficient (Wildman–Crippen LogP) is 9.19. The highest BCUT2D eigenvalue weighted by atomic mass is 19.1. The standard InChI is InChI=1S/C26H36N4O2.C7H7F.C2H6.C2H4/c1-8-18(3)21-10-12-22(13-11-21)29(6)25(20(5)27)26(28-9-2)30(17-31)23-14-15-24(32-7)19(4)16-23;1-6-3-2-4-7(8)5-6;2*1-2/h10-18H,8-9,27H2,1-7H3;2-5H,1H3;1-2H3;1-2H2/b25-20-,28-26?;;;. The van der Waals surface area contributed by atoms with Gasteiger partial charge in [-0.05, 0) is 99.2 Å². The third kappa shape index (κ3) is 11.7. The second-order valence-corrected chi connectivity index (χ2v) is 9.72. The Balaban J connectivity index is 0.00000130. The lowest BCUT2D eigenvalue weighted by Gasteiger charge is -2.30. The average Bonchev–Trinajstić information content (AvgIpc) is 3.03. The number of amidine groups is 1. The third-order valence-electron chi connectivity index (χ3n) is 6.66. The number of hydrogen-bond donors (Lipinski definition) is 1. The van der Waals surface area contributed by atoms with Crippen LogP contribution >= 0.6 is 0 Å². The Bertz CT molecular complexity index is 1310. The maximum absolute atomic E-state index is 12.3. The van der Waals surface area contributed by atoms with Crippen molar-refractivity contribution in [1.29, 1.82) is 0 Å². The normalized spacial score (nSPS) is 11.6. The molecule has 0 radical (unpaired) electrons. The fourth-order valence-electron chi connectivity index (χ4n) is 4.25. The van der Waals surface area contributed by atoms with E-state index in [0.717, 1.165) is 35.4 Å². The maximum atomic E-state index is 12.3. The van der Waals surface area contributed by atoms with E-state index in [4.69, 9.17) is 10.5 Å². The summed E-state index contributed by atoms with van der Waals surface area (Å²) >= 11 is 0. The molecule has 0 saturated carbocycles. The summed E-state index contributed by atoms with van der Waals surface area (Å²) in [7, 11) is 3.57. The molecule has 240 valence electrons. The Morgan fingerprint density at radius 3 is 2.02 bits per heavy atom. The number of nitrogens with zero attached hydrogens (tertiary/aromatic N) is 3. The molecule has 1 amide bonds. The minimum absolute atomic E-state index is 0.162. The van der Waals surface area contributed by atoms with Crippen molar-refractivity contribution in [2.45, 2.75) is 67.7 Å². The molecule has 3 aromatic carbocycles. The Morgan fingerprint density at radius 1 is 1.02 bits per heavy atom. The van der Waals surface area contributed by atoms with Gasteiger partial charge in [0.15, 0.2) is 5.84 Å². The summed E-state index contributed by atoms with van der Waals surface area (Å²) < 4.78 is 17.5. The molecule has 2 N–H and O–H groups in total. The minimum Gasteiger partial charge on any atom is -0.496 e. The molecule has 0 bridgehead atoms. The van der Waals surface area contributed by atoms with E-state index < -0.39 is 0 Å². The van der Waals surface area contributed by atoms with Crippen LogP contribution in [0.4, 0.5) is 15.8 Å². The van der Waals surface area contributed by atoms with Crippen LogP contribution in [-0.2, 0) is 4.79 Å². The molecule has 1 unspecified atom stereocenters. The number of likely N-dealkylation sites (N-methyl/N-ethyl adjacent to an activating group) is 1. The molecule has 0 saturated heterocycles. The number of ether oxygens (including phenoxy) is 1. The molecule has 3 aromatic rings. The molecule has 6 nitrogen and oxygen atoms in total. The second-order valence-electron chi connectivity index (χ2n) is 9.72. The quantitative estimate of drug-likeness (QED) is 0.114. The fraction of sp³-hybridized carbons (Fsp3) is 0.351. The number of methoxy groups -OCH3 is 1. The number of amides is 1. The summed E-state index contributed by atoms with van der Waals surface area (Å²) in [4.78, 5) is 20.4. The zero-order valence-corrected chi connectivity index (χ0v) is 28.4. The van der Waals surface area contributed by atoms with Crippen LogP contribution in [0.25, 0.3) is 0 Å². The van der Waals surface area contributed by atoms with Crippen molar-refractivity contribution >= 4 is 23.6 Å². The Morgan fingerprint density at radius 2 is 1.61 bits per heavy atom. The van der Waals surface area contributed by atoms with Gasteiger partial charge in [-0.1, -0.05) is 52.0 Å². The maximum Gasteiger partial charge on any atom is 0.219 e. The lowest BCUT2D eigenvalue weighted by atomic mass is 9.98. The van der Waals surface area contributed by atoms with Gasteiger partial charge in [0.1, 0.15) is 17.3 Å². The number of aliphatic imine (C=N–C) groups is 1. The number of rotatable bonds is 9. The number of carbonyl (C=O) groups is 1. The first-order valence-corrected chi connectivity index (χ1v) is 15.0. The highest BCUT2D eigenvalue weighted by Crippen LogP contribution is 2.28. The van der Waals surface area contributed by atoms with Crippen LogP contribution in [0.5, 0.6) is 5.75 Å². The largest absolute Gasteiger partial charge is 0.496 e. The predicted molar refractivity (Wildman–Crippen MR) is 188 cm³/mol. The third-order valence-corrected chi connectivity index (χ3v) is 6.66. The highest BCUT2D eigenvalue weighted by Gasteiger charge is 2.24. The van der Waals surface area contributed by atoms with E-state index in [-0.39, 0.29) is 5.82 Å². The molecule has 0 aliphatic rings. The lowest BCUT2D eigenvalue weighted by Crippen LogP contribution is -2.38. The summed E-state index contributed by atoms with van der Waals surface area (Å²) in [6.45, 7) is 22.5. The van der Waals surface area contributed by atoms with Crippen LogP contribution in [0.2, 0.25) is 0 Å². The zero-order valence-electron chi connectivity index (χ0n) is 28.4. The van der Waals surface area contributed by atoms with E-state index in [2.05, 4.69) is 56.3 Å². The molecule has 1 atom stereocenters. The van der Waals surface area contributed by atoms with Crippen LogP contribution in [0.3, 0.4) is 0 Å². The number of allylic oxidation sites excluding steroid dienone is 1. The van der Waals surface area contributed by atoms with Crippen LogP contribution in [0.1, 0.15) is 70.6 Å². The van der Waals surface area contributed by atoms with Crippen LogP contribution < -0.4 is 20.3 Å². The average molecular weight is 605 g/mol. The summed E-state index contributed by atoms with van der Waals surface area (Å²) in [6, 6.07) is 20.5. The molecular weight excluding hydrogens is 551 g/mol. The van der Waals surface area contributed by atoms with E-state index >= 15 is 0 Å². The molecular formula is C37H53FN4O2. The first-order valence-electron chi connectivity index (χ1n) is 15.0. The van der Waals surface area contributed by atoms with Gasteiger partial charge in [-0.15, -0.1) is 13.2 Å². The van der Waals surface area contributed by atoms with Crippen molar-refractivity contribution in [3.63, 3.8) is 0 Å². The van der Waals surface area contributed by atoms with Gasteiger partial charge in [0.05, 0.1) is 12.8 Å². The summed E-state index contributed by atoms with van der Waals surface area (Å²) in [6.07, 6.45) is 1.86. The van der Waals surface area contributed by atoms with Gasteiger partial charge in [0, 0.05) is 25.0 Å². The molecule has 3 rings (SSSR count). The van der Waals surface area contributed by atoms with E-state index in [9.17, 15) is 9.18 Å². The lowest BCUT2D eigenvalue weighted by molar-refractivity contribution is -0.106. The Labute approximate surface area is 265 Å². The minimum atomic E-state index is -0.162. The van der Waals surface area contributed by atoms with Crippen LogP contribution in [0, 0.1) is 19.7 Å². The SMILES string of the molecule is C=C.CC.CCN=C(/C(=C(\C)N)N(C)c1ccc(C(C)CC)cc1)N(C=O)c1ccc(OC)c(C)c1.Cc1cccc(F)c1. The molecule has 0 fully saturated rings. The summed E-state index contributed by atoms with van der Waals surface area (Å²) in [5.41, 5.74) is 12.5. The molecule has 0 aliphatic carbocycles.